The molecule has 0 saturated carbocycles. The Morgan fingerprint density at radius 3 is 2.52 bits per heavy atom. The molecule has 2 heterocycles. The molecule has 0 aliphatic carbocycles. The number of fused-ring (bicyclic) bond motifs is 1. The maximum absolute atomic E-state index is 14.0. The van der Waals surface area contributed by atoms with Gasteiger partial charge in [-0.15, -0.1) is 6.58 Å². The van der Waals surface area contributed by atoms with Crippen molar-refractivity contribution in [2.45, 2.75) is 32.4 Å². The molecule has 0 radical (unpaired) electrons. The standard InChI is InChI=1S/C34H30Cl2N2O5S/c1-5-10-22-15-20(16-27(41-3)31(22)43-19-23-13-14-24(35)18-25(23)36)17-28-32(39)38-30(21-11-8-7-9-12-21)29(33(40)42-4)26(6-2)37-34(38)44-28/h5,7-9,11-18,30H,1,6,10,19H2,2-4H3/b28-17-/t30-/m0/s1. The number of hydrogen-bond donors (Lipinski definition) is 0. The molecule has 0 spiro atoms. The van der Waals surface area contributed by atoms with E-state index in [2.05, 4.69) is 6.58 Å². The molecule has 3 aromatic carbocycles. The number of carbonyl (C=O) groups is 1. The van der Waals surface area contributed by atoms with Crippen LogP contribution in [0, 0.1) is 0 Å². The molecule has 0 unspecified atom stereocenters. The molecule has 226 valence electrons. The Bertz CT molecular complexity index is 1950. The first-order valence-corrected chi connectivity index (χ1v) is 15.4. The van der Waals surface area contributed by atoms with Gasteiger partial charge in [0, 0.05) is 21.2 Å². The maximum atomic E-state index is 14.0. The summed E-state index contributed by atoms with van der Waals surface area (Å²) in [5, 5.41) is 1.05. The van der Waals surface area contributed by atoms with E-state index in [1.807, 2.05) is 55.5 Å². The molecule has 0 N–H and O–H groups in total. The van der Waals surface area contributed by atoms with Crippen molar-refractivity contribution < 1.29 is 19.0 Å². The molecule has 7 nitrogen and oxygen atoms in total. The fourth-order valence-electron chi connectivity index (χ4n) is 5.14. The number of esters is 1. The number of carbonyl (C=O) groups excluding carboxylic acids is 1. The third-order valence-corrected chi connectivity index (χ3v) is 8.76. The normalized spacial score (nSPS) is 14.6. The van der Waals surface area contributed by atoms with Gasteiger partial charge in [0.1, 0.15) is 6.61 Å². The maximum Gasteiger partial charge on any atom is 0.338 e. The highest BCUT2D eigenvalue weighted by atomic mass is 35.5. The summed E-state index contributed by atoms with van der Waals surface area (Å²) in [4.78, 5) is 32.3. The van der Waals surface area contributed by atoms with Gasteiger partial charge in [-0.25, -0.2) is 9.79 Å². The first-order valence-electron chi connectivity index (χ1n) is 13.9. The van der Waals surface area contributed by atoms with Crippen molar-refractivity contribution in [1.82, 2.24) is 4.57 Å². The quantitative estimate of drug-likeness (QED) is 0.146. The lowest BCUT2D eigenvalue weighted by Crippen LogP contribution is -2.40. The molecule has 44 heavy (non-hydrogen) atoms. The molecule has 5 rings (SSSR count). The second kappa shape index (κ2) is 13.7. The van der Waals surface area contributed by atoms with Crippen molar-refractivity contribution in [3.05, 3.63) is 137 Å². The third kappa shape index (κ3) is 6.24. The smallest absolute Gasteiger partial charge is 0.338 e. The molecule has 1 atom stereocenters. The van der Waals surface area contributed by atoms with Gasteiger partial charge in [-0.3, -0.25) is 9.36 Å². The Labute approximate surface area is 269 Å². The largest absolute Gasteiger partial charge is 0.493 e. The zero-order chi connectivity index (χ0) is 31.4. The van der Waals surface area contributed by atoms with Crippen molar-refractivity contribution in [2.24, 2.45) is 4.99 Å². The van der Waals surface area contributed by atoms with Crippen LogP contribution in [0.3, 0.4) is 0 Å². The molecular formula is C34H30Cl2N2O5S. The van der Waals surface area contributed by atoms with Gasteiger partial charge in [-0.05, 0) is 54.3 Å². The number of halogens is 2. The number of allylic oxidation sites excluding steroid dienone is 2. The lowest BCUT2D eigenvalue weighted by Gasteiger charge is -2.25. The fourth-order valence-corrected chi connectivity index (χ4v) is 6.63. The Balaban J connectivity index is 1.62. The number of ether oxygens (including phenoxy) is 3. The van der Waals surface area contributed by atoms with Gasteiger partial charge < -0.3 is 14.2 Å². The first-order chi connectivity index (χ1) is 21.3. The average molecular weight is 650 g/mol. The van der Waals surface area contributed by atoms with Crippen LogP contribution < -0.4 is 24.4 Å². The zero-order valence-electron chi connectivity index (χ0n) is 24.4. The predicted molar refractivity (Wildman–Crippen MR) is 175 cm³/mol. The van der Waals surface area contributed by atoms with Crippen molar-refractivity contribution in [3.8, 4) is 11.5 Å². The van der Waals surface area contributed by atoms with E-state index in [1.54, 1.807) is 36.0 Å². The minimum atomic E-state index is -0.668. The molecule has 4 aromatic rings. The second-order valence-corrected chi connectivity index (χ2v) is 11.8. The average Bonchev–Trinajstić information content (AvgIpc) is 3.34. The Hall–Kier alpha value is -4.11. The first kappa shape index (κ1) is 31.3. The molecular weight excluding hydrogens is 619 g/mol. The molecule has 10 heteroatoms. The van der Waals surface area contributed by atoms with E-state index in [0.717, 1.165) is 22.3 Å². The highest BCUT2D eigenvalue weighted by Crippen LogP contribution is 2.36. The Morgan fingerprint density at radius 2 is 1.86 bits per heavy atom. The van der Waals surface area contributed by atoms with Gasteiger partial charge in [0.25, 0.3) is 5.56 Å². The molecule has 1 aliphatic heterocycles. The lowest BCUT2D eigenvalue weighted by atomic mass is 9.95. The molecule has 0 bridgehead atoms. The highest BCUT2D eigenvalue weighted by molar-refractivity contribution is 7.07. The van der Waals surface area contributed by atoms with Gasteiger partial charge in [0.05, 0.1) is 36.1 Å². The van der Waals surface area contributed by atoms with Crippen LogP contribution in [0.5, 0.6) is 11.5 Å². The highest BCUT2D eigenvalue weighted by Gasteiger charge is 2.33. The van der Waals surface area contributed by atoms with Crippen LogP contribution >= 0.6 is 34.5 Å². The van der Waals surface area contributed by atoms with Gasteiger partial charge in [-0.1, -0.05) is 83.9 Å². The summed E-state index contributed by atoms with van der Waals surface area (Å²) in [5.74, 6) is 0.538. The monoisotopic (exact) mass is 648 g/mol. The van der Waals surface area contributed by atoms with Crippen LogP contribution in [0.15, 0.2) is 94.4 Å². The van der Waals surface area contributed by atoms with Gasteiger partial charge in [0.2, 0.25) is 0 Å². The minimum Gasteiger partial charge on any atom is -0.493 e. The van der Waals surface area contributed by atoms with Gasteiger partial charge in [0.15, 0.2) is 16.3 Å². The van der Waals surface area contributed by atoms with E-state index in [9.17, 15) is 9.59 Å². The summed E-state index contributed by atoms with van der Waals surface area (Å²) in [7, 11) is 2.90. The van der Waals surface area contributed by atoms with Crippen LogP contribution in [0.25, 0.3) is 6.08 Å². The topological polar surface area (TPSA) is 79.1 Å². The summed E-state index contributed by atoms with van der Waals surface area (Å²) in [6.07, 6.45) is 4.58. The molecule has 1 aromatic heterocycles. The van der Waals surface area contributed by atoms with Crippen LogP contribution in [-0.4, -0.2) is 24.8 Å². The number of rotatable bonds is 10. The fraction of sp³-hybridized carbons (Fsp3) is 0.206. The van der Waals surface area contributed by atoms with E-state index in [0.29, 0.717) is 55.0 Å². The van der Waals surface area contributed by atoms with E-state index in [4.69, 9.17) is 42.4 Å². The number of hydrogen-bond acceptors (Lipinski definition) is 7. The van der Waals surface area contributed by atoms with Crippen molar-refractivity contribution in [3.63, 3.8) is 0 Å². The summed E-state index contributed by atoms with van der Waals surface area (Å²) < 4.78 is 19.1. The molecule has 0 saturated heterocycles. The molecule has 0 amide bonds. The van der Waals surface area contributed by atoms with E-state index in [-0.39, 0.29) is 12.2 Å². The van der Waals surface area contributed by atoms with E-state index in [1.165, 1.54) is 18.4 Å². The van der Waals surface area contributed by atoms with Gasteiger partial charge >= 0.3 is 5.97 Å². The van der Waals surface area contributed by atoms with Crippen LogP contribution in [0.1, 0.15) is 41.6 Å². The lowest BCUT2D eigenvalue weighted by molar-refractivity contribution is -0.136. The zero-order valence-corrected chi connectivity index (χ0v) is 26.8. The summed E-state index contributed by atoms with van der Waals surface area (Å²) in [6.45, 7) is 6.03. The summed E-state index contributed by atoms with van der Waals surface area (Å²) >= 11 is 13.7. The molecule has 0 fully saturated rings. The Kier molecular flexibility index (Phi) is 9.74. The second-order valence-electron chi connectivity index (χ2n) is 9.93. The summed E-state index contributed by atoms with van der Waals surface area (Å²) in [5.41, 5.74) is 3.82. The Morgan fingerprint density at radius 1 is 1.09 bits per heavy atom. The number of benzene rings is 3. The third-order valence-electron chi connectivity index (χ3n) is 7.19. The van der Waals surface area contributed by atoms with Crippen LogP contribution in [0.4, 0.5) is 0 Å². The van der Waals surface area contributed by atoms with Crippen LogP contribution in [-0.2, 0) is 22.6 Å². The molecule has 1 aliphatic rings. The summed E-state index contributed by atoms with van der Waals surface area (Å²) in [6, 6.07) is 17.8. The number of thiazole rings is 1. The van der Waals surface area contributed by atoms with E-state index < -0.39 is 12.0 Å². The van der Waals surface area contributed by atoms with Crippen molar-refractivity contribution in [1.29, 1.82) is 0 Å². The SMILES string of the molecule is C=CCc1cc(/C=c2\sc3n(c2=O)[C@@H](c2ccccc2)C(C(=O)OC)=C(CC)N=3)cc(OC)c1OCc1ccc(Cl)cc1Cl. The predicted octanol–water partition coefficient (Wildman–Crippen LogP) is 6.42. The van der Waals surface area contributed by atoms with Crippen LogP contribution in [0.2, 0.25) is 10.0 Å². The number of methoxy groups -OCH3 is 2. The number of nitrogens with zero attached hydrogens (tertiary/aromatic N) is 2. The van der Waals surface area contributed by atoms with E-state index >= 15 is 0 Å². The van der Waals surface area contributed by atoms with Crippen molar-refractivity contribution in [2.75, 3.05) is 14.2 Å². The van der Waals surface area contributed by atoms with Gasteiger partial charge in [-0.2, -0.15) is 0 Å². The minimum absolute atomic E-state index is 0.205. The number of aromatic nitrogens is 1. The van der Waals surface area contributed by atoms with Crippen molar-refractivity contribution >= 4 is 46.6 Å².